The highest BCUT2D eigenvalue weighted by atomic mass is 16.5. The summed E-state index contributed by atoms with van der Waals surface area (Å²) in [7, 11) is 0. The largest absolute Gasteiger partial charge is 0.490 e. The van der Waals surface area contributed by atoms with Crippen LogP contribution >= 0.6 is 0 Å². The highest BCUT2D eigenvalue weighted by Gasteiger charge is 2.17. The second-order valence-electron chi connectivity index (χ2n) is 8.93. The summed E-state index contributed by atoms with van der Waals surface area (Å²) >= 11 is 0. The highest BCUT2D eigenvalue weighted by molar-refractivity contribution is 5.70. The molecule has 3 heteroatoms. The average Bonchev–Trinajstić information content (AvgIpc) is 2.81. The Morgan fingerprint density at radius 1 is 0.909 bits per heavy atom. The van der Waals surface area contributed by atoms with Gasteiger partial charge in [0.15, 0.2) is 0 Å². The van der Waals surface area contributed by atoms with E-state index >= 15 is 0 Å². The fourth-order valence-electron chi connectivity index (χ4n) is 4.19. The Kier molecular flexibility index (Phi) is 8.94. The Morgan fingerprint density at radius 2 is 1.58 bits per heavy atom. The maximum Gasteiger partial charge on any atom is 0.130 e. The van der Waals surface area contributed by atoms with Gasteiger partial charge in [-0.2, -0.15) is 0 Å². The van der Waals surface area contributed by atoms with Gasteiger partial charge in [-0.25, -0.2) is 0 Å². The van der Waals surface area contributed by atoms with Crippen molar-refractivity contribution in [1.29, 1.82) is 0 Å². The standard InChI is InChI=1S/C30H39NO2/c1-7-10-12-23-15-17-26(18-16-23)32-20-27-22(6)31-28(19-29(27)33-21(4)5)30-24(8-2)13-11-14-25(30)9-3/h11,13-19,21H,7-10,12,20H2,1-6H3. The molecule has 3 rings (SSSR count). The number of hydrogen-bond donors (Lipinski definition) is 0. The first-order chi connectivity index (χ1) is 16.0. The molecular weight excluding hydrogens is 406 g/mol. The Balaban J connectivity index is 1.92. The molecule has 0 aliphatic heterocycles. The summed E-state index contributed by atoms with van der Waals surface area (Å²) in [5.74, 6) is 1.74. The van der Waals surface area contributed by atoms with Crippen LogP contribution in [0.3, 0.4) is 0 Å². The van der Waals surface area contributed by atoms with Gasteiger partial charge in [-0.05, 0) is 75.3 Å². The number of unbranched alkanes of at least 4 members (excludes halogenated alkanes) is 1. The quantitative estimate of drug-likeness (QED) is 0.301. The summed E-state index contributed by atoms with van der Waals surface area (Å²) in [4.78, 5) is 5.03. The smallest absolute Gasteiger partial charge is 0.130 e. The van der Waals surface area contributed by atoms with E-state index in [1.807, 2.05) is 0 Å². The van der Waals surface area contributed by atoms with Gasteiger partial charge in [0.25, 0.3) is 0 Å². The topological polar surface area (TPSA) is 31.4 Å². The van der Waals surface area contributed by atoms with Crippen molar-refractivity contribution in [3.05, 3.63) is 76.5 Å². The predicted molar refractivity (Wildman–Crippen MR) is 138 cm³/mol. The molecule has 0 unspecified atom stereocenters. The molecular formula is C30H39NO2. The zero-order valence-corrected chi connectivity index (χ0v) is 21.2. The highest BCUT2D eigenvalue weighted by Crippen LogP contribution is 2.34. The van der Waals surface area contributed by atoms with E-state index in [0.29, 0.717) is 6.61 Å². The van der Waals surface area contributed by atoms with Gasteiger partial charge in [-0.1, -0.05) is 57.5 Å². The second-order valence-corrected chi connectivity index (χ2v) is 8.93. The van der Waals surface area contributed by atoms with Crippen LogP contribution in [0.1, 0.15) is 75.4 Å². The zero-order chi connectivity index (χ0) is 23.8. The summed E-state index contributed by atoms with van der Waals surface area (Å²) in [6.07, 6.45) is 5.57. The van der Waals surface area contributed by atoms with E-state index in [-0.39, 0.29) is 6.10 Å². The van der Waals surface area contributed by atoms with Gasteiger partial charge in [0.05, 0.1) is 17.4 Å². The van der Waals surface area contributed by atoms with Gasteiger partial charge in [-0.15, -0.1) is 0 Å². The first kappa shape index (κ1) is 24.8. The van der Waals surface area contributed by atoms with Gasteiger partial charge in [0.2, 0.25) is 0 Å². The maximum atomic E-state index is 6.27. The van der Waals surface area contributed by atoms with Crippen molar-refractivity contribution in [3.8, 4) is 22.8 Å². The summed E-state index contributed by atoms with van der Waals surface area (Å²) in [5, 5.41) is 0. The lowest BCUT2D eigenvalue weighted by molar-refractivity contribution is 0.229. The number of hydrogen-bond acceptors (Lipinski definition) is 3. The van der Waals surface area contributed by atoms with Crippen molar-refractivity contribution in [2.45, 2.75) is 86.4 Å². The van der Waals surface area contributed by atoms with E-state index < -0.39 is 0 Å². The molecule has 0 N–H and O–H groups in total. The third-order valence-electron chi connectivity index (χ3n) is 6.03. The first-order valence-electron chi connectivity index (χ1n) is 12.5. The fourth-order valence-corrected chi connectivity index (χ4v) is 4.19. The van der Waals surface area contributed by atoms with E-state index in [1.54, 1.807) is 0 Å². The van der Waals surface area contributed by atoms with Crippen LogP contribution in [0, 0.1) is 6.92 Å². The van der Waals surface area contributed by atoms with Gasteiger partial charge in [0, 0.05) is 17.3 Å². The van der Waals surface area contributed by atoms with Crippen molar-refractivity contribution in [1.82, 2.24) is 4.98 Å². The minimum atomic E-state index is 0.0725. The monoisotopic (exact) mass is 445 g/mol. The number of aromatic nitrogens is 1. The van der Waals surface area contributed by atoms with Crippen LogP contribution in [-0.2, 0) is 25.9 Å². The Labute approximate surface area is 200 Å². The third-order valence-corrected chi connectivity index (χ3v) is 6.03. The number of rotatable bonds is 11. The van der Waals surface area contributed by atoms with Crippen molar-refractivity contribution in [2.75, 3.05) is 0 Å². The van der Waals surface area contributed by atoms with Crippen molar-refractivity contribution >= 4 is 0 Å². The van der Waals surface area contributed by atoms with Crippen molar-refractivity contribution < 1.29 is 9.47 Å². The second kappa shape index (κ2) is 11.9. The van der Waals surface area contributed by atoms with Gasteiger partial charge in [0.1, 0.15) is 18.1 Å². The molecule has 0 saturated carbocycles. The van der Waals surface area contributed by atoms with E-state index in [1.165, 1.54) is 35.1 Å². The number of pyridine rings is 1. The molecule has 0 saturated heterocycles. The van der Waals surface area contributed by atoms with Gasteiger partial charge < -0.3 is 9.47 Å². The first-order valence-corrected chi connectivity index (χ1v) is 12.5. The maximum absolute atomic E-state index is 6.27. The molecule has 0 spiro atoms. The Hall–Kier alpha value is -2.81. The molecule has 0 amide bonds. The number of benzene rings is 2. The minimum absolute atomic E-state index is 0.0725. The van der Waals surface area contributed by atoms with Gasteiger partial charge >= 0.3 is 0 Å². The molecule has 0 radical (unpaired) electrons. The van der Waals surface area contributed by atoms with E-state index in [0.717, 1.165) is 47.7 Å². The molecule has 0 bridgehead atoms. The molecule has 0 atom stereocenters. The molecule has 0 aliphatic rings. The summed E-state index contributed by atoms with van der Waals surface area (Å²) in [5.41, 5.74) is 8.20. The zero-order valence-electron chi connectivity index (χ0n) is 21.2. The average molecular weight is 446 g/mol. The molecule has 3 nitrogen and oxygen atoms in total. The molecule has 2 aromatic carbocycles. The van der Waals surface area contributed by atoms with Crippen LogP contribution in [0.4, 0.5) is 0 Å². The summed E-state index contributed by atoms with van der Waals surface area (Å²) < 4.78 is 12.4. The number of aryl methyl sites for hydroxylation is 4. The van der Waals surface area contributed by atoms with Crippen LogP contribution < -0.4 is 9.47 Å². The molecule has 1 heterocycles. The van der Waals surface area contributed by atoms with Crippen LogP contribution in [0.25, 0.3) is 11.3 Å². The van der Waals surface area contributed by atoms with Crippen molar-refractivity contribution in [2.24, 2.45) is 0 Å². The van der Waals surface area contributed by atoms with Crippen molar-refractivity contribution in [3.63, 3.8) is 0 Å². The molecule has 0 fully saturated rings. The molecule has 176 valence electrons. The van der Waals surface area contributed by atoms with E-state index in [9.17, 15) is 0 Å². The molecule has 33 heavy (non-hydrogen) atoms. The van der Waals surface area contributed by atoms with Crippen LogP contribution in [0.2, 0.25) is 0 Å². The van der Waals surface area contributed by atoms with E-state index in [4.69, 9.17) is 14.5 Å². The Morgan fingerprint density at radius 3 is 2.15 bits per heavy atom. The number of ether oxygens (including phenoxy) is 2. The molecule has 3 aromatic rings. The third kappa shape index (κ3) is 6.37. The van der Waals surface area contributed by atoms with E-state index in [2.05, 4.69) is 90.1 Å². The number of nitrogens with zero attached hydrogens (tertiary/aromatic N) is 1. The van der Waals surface area contributed by atoms with Crippen LogP contribution in [0.15, 0.2) is 48.5 Å². The summed E-state index contributed by atoms with van der Waals surface area (Å²) in [6.45, 7) is 13.2. The molecule has 1 aromatic heterocycles. The molecule has 0 aliphatic carbocycles. The predicted octanol–water partition coefficient (Wildman–Crippen LogP) is 7.89. The lowest BCUT2D eigenvalue weighted by atomic mass is 9.94. The fraction of sp³-hybridized carbons (Fsp3) is 0.433. The Bertz CT molecular complexity index is 1020. The normalized spacial score (nSPS) is 11.1. The van der Waals surface area contributed by atoms with Crippen LogP contribution in [-0.4, -0.2) is 11.1 Å². The minimum Gasteiger partial charge on any atom is -0.490 e. The van der Waals surface area contributed by atoms with Crippen LogP contribution in [0.5, 0.6) is 11.5 Å². The lowest BCUT2D eigenvalue weighted by Gasteiger charge is -2.20. The lowest BCUT2D eigenvalue weighted by Crippen LogP contribution is -2.11. The SMILES string of the molecule is CCCCc1ccc(OCc2c(OC(C)C)cc(-c3c(CC)cccc3CC)nc2C)cc1. The van der Waals surface area contributed by atoms with Gasteiger partial charge in [-0.3, -0.25) is 4.98 Å². The summed E-state index contributed by atoms with van der Waals surface area (Å²) in [6, 6.07) is 17.1.